The molecule has 0 aromatic carbocycles. The van der Waals surface area contributed by atoms with E-state index in [1.807, 2.05) is 11.3 Å². The van der Waals surface area contributed by atoms with E-state index in [9.17, 15) is 4.79 Å². The molecule has 2 unspecified atom stereocenters. The molecule has 1 aromatic rings. The molecule has 4 heteroatoms. The van der Waals surface area contributed by atoms with E-state index in [1.165, 1.54) is 9.75 Å². The summed E-state index contributed by atoms with van der Waals surface area (Å²) in [6, 6.07) is 4.89. The monoisotopic (exact) mass is 278 g/mol. The summed E-state index contributed by atoms with van der Waals surface area (Å²) in [6.07, 6.45) is 2.79. The van der Waals surface area contributed by atoms with Gasteiger partial charge in [-0.2, -0.15) is 0 Å². The van der Waals surface area contributed by atoms with Crippen LogP contribution in [0.3, 0.4) is 0 Å². The molecule has 0 bridgehead atoms. The van der Waals surface area contributed by atoms with E-state index in [2.05, 4.69) is 37.8 Å². The summed E-state index contributed by atoms with van der Waals surface area (Å²) in [5.41, 5.74) is 6.39. The van der Waals surface area contributed by atoms with Crippen molar-refractivity contribution in [3.8, 4) is 0 Å². The number of amides is 1. The number of carbonyl (C=O) groups is 1. The predicted molar refractivity (Wildman–Crippen MR) is 78.2 cm³/mol. The fraction of sp³-hybridized carbons (Fsp3) is 0.667. The van der Waals surface area contributed by atoms with E-state index in [0.717, 1.165) is 12.8 Å². The summed E-state index contributed by atoms with van der Waals surface area (Å²) in [5.74, 6) is 0.241. The van der Waals surface area contributed by atoms with Crippen molar-refractivity contribution in [3.05, 3.63) is 21.9 Å². The van der Waals surface area contributed by atoms with Gasteiger partial charge in [0.15, 0.2) is 0 Å². The Morgan fingerprint density at radius 1 is 1.32 bits per heavy atom. The molecule has 1 amide bonds. The lowest BCUT2D eigenvalue weighted by molar-refractivity contribution is -0.129. The molecule has 2 N–H and O–H groups in total. The fourth-order valence-electron chi connectivity index (χ4n) is 2.83. The van der Waals surface area contributed by atoms with Gasteiger partial charge in [0.25, 0.3) is 0 Å². The number of likely N-dealkylation sites (tertiary alicyclic amines) is 1. The molecular formula is C15H22N2OS. The van der Waals surface area contributed by atoms with Gasteiger partial charge in [0.1, 0.15) is 0 Å². The molecule has 1 aliphatic carbocycles. The molecule has 104 valence electrons. The quantitative estimate of drug-likeness (QED) is 0.904. The van der Waals surface area contributed by atoms with Crippen LogP contribution in [-0.2, 0) is 10.2 Å². The van der Waals surface area contributed by atoms with Crippen LogP contribution in [0.5, 0.6) is 0 Å². The summed E-state index contributed by atoms with van der Waals surface area (Å²) >= 11 is 1.82. The maximum atomic E-state index is 12.1. The average molecular weight is 278 g/mol. The summed E-state index contributed by atoms with van der Waals surface area (Å²) < 4.78 is 0. The molecule has 1 aliphatic heterocycles. The van der Waals surface area contributed by atoms with Gasteiger partial charge in [-0.15, -0.1) is 11.3 Å². The van der Waals surface area contributed by atoms with Crippen LogP contribution in [0, 0.1) is 0 Å². The first kappa shape index (κ1) is 13.1. The maximum absolute atomic E-state index is 12.1. The topological polar surface area (TPSA) is 46.3 Å². The van der Waals surface area contributed by atoms with E-state index in [-0.39, 0.29) is 23.4 Å². The second kappa shape index (κ2) is 4.32. The summed E-state index contributed by atoms with van der Waals surface area (Å²) in [7, 11) is 0. The lowest BCUT2D eigenvalue weighted by atomic mass is 9.95. The van der Waals surface area contributed by atoms with Crippen LogP contribution < -0.4 is 5.73 Å². The minimum atomic E-state index is -0.0421. The molecule has 3 nitrogen and oxygen atoms in total. The molecule has 2 atom stereocenters. The highest BCUT2D eigenvalue weighted by atomic mass is 32.1. The zero-order valence-electron chi connectivity index (χ0n) is 11.8. The number of hydrogen-bond donors (Lipinski definition) is 1. The Morgan fingerprint density at radius 3 is 2.53 bits per heavy atom. The highest BCUT2D eigenvalue weighted by Gasteiger charge is 2.46. The molecule has 1 aromatic heterocycles. The number of nitrogens with two attached hydrogens (primary N) is 1. The highest BCUT2D eigenvalue weighted by molar-refractivity contribution is 7.12. The van der Waals surface area contributed by atoms with Crippen LogP contribution >= 0.6 is 11.3 Å². The lowest BCUT2D eigenvalue weighted by Crippen LogP contribution is -2.34. The molecule has 0 radical (unpaired) electrons. The first-order chi connectivity index (χ1) is 8.88. The van der Waals surface area contributed by atoms with E-state index >= 15 is 0 Å². The second-order valence-corrected chi connectivity index (χ2v) is 7.91. The number of nitrogens with zero attached hydrogens (tertiary/aromatic N) is 1. The number of hydrogen-bond acceptors (Lipinski definition) is 3. The zero-order valence-corrected chi connectivity index (χ0v) is 12.7. The number of thiophene rings is 1. The minimum Gasteiger partial charge on any atom is -0.330 e. The Bertz CT molecular complexity index is 498. The van der Waals surface area contributed by atoms with Crippen molar-refractivity contribution in [1.82, 2.24) is 4.90 Å². The van der Waals surface area contributed by atoms with Gasteiger partial charge in [-0.25, -0.2) is 0 Å². The lowest BCUT2D eigenvalue weighted by Gasteiger charge is -2.26. The van der Waals surface area contributed by atoms with E-state index in [4.69, 9.17) is 5.73 Å². The maximum Gasteiger partial charge on any atom is 0.225 e. The van der Waals surface area contributed by atoms with E-state index in [0.29, 0.717) is 12.5 Å². The Labute approximate surface area is 118 Å². The zero-order chi connectivity index (χ0) is 13.8. The van der Waals surface area contributed by atoms with Crippen molar-refractivity contribution in [3.63, 3.8) is 0 Å². The SMILES string of the molecule is CC(C)(C)c1ccc(C2C(N)CC(=O)N2C2CC2)s1. The third-order valence-corrected chi connectivity index (χ3v) is 5.58. The van der Waals surface area contributed by atoms with Crippen molar-refractivity contribution in [1.29, 1.82) is 0 Å². The van der Waals surface area contributed by atoms with Gasteiger partial charge >= 0.3 is 0 Å². The van der Waals surface area contributed by atoms with Gasteiger partial charge in [-0.1, -0.05) is 20.8 Å². The van der Waals surface area contributed by atoms with Crippen LogP contribution in [0.15, 0.2) is 12.1 Å². The van der Waals surface area contributed by atoms with Gasteiger partial charge in [-0.05, 0) is 30.4 Å². The summed E-state index contributed by atoms with van der Waals surface area (Å²) in [5, 5.41) is 0. The molecule has 2 heterocycles. The van der Waals surface area contributed by atoms with Crippen LogP contribution in [0.2, 0.25) is 0 Å². The van der Waals surface area contributed by atoms with Crippen molar-refractivity contribution in [2.24, 2.45) is 5.73 Å². The van der Waals surface area contributed by atoms with Gasteiger partial charge < -0.3 is 10.6 Å². The van der Waals surface area contributed by atoms with Crippen molar-refractivity contribution < 1.29 is 4.79 Å². The molecule has 1 saturated carbocycles. The summed E-state index contributed by atoms with van der Waals surface area (Å²) in [4.78, 5) is 16.8. The van der Waals surface area contributed by atoms with Gasteiger partial charge in [0, 0.05) is 28.3 Å². The van der Waals surface area contributed by atoms with E-state index in [1.54, 1.807) is 0 Å². The van der Waals surface area contributed by atoms with Crippen LogP contribution in [0.25, 0.3) is 0 Å². The van der Waals surface area contributed by atoms with Crippen LogP contribution in [-0.4, -0.2) is 22.9 Å². The smallest absolute Gasteiger partial charge is 0.225 e. The van der Waals surface area contributed by atoms with Gasteiger partial charge in [0.2, 0.25) is 5.91 Å². The molecule has 0 spiro atoms. The molecule has 2 aliphatic rings. The average Bonchev–Trinajstić information content (AvgIpc) is 2.90. The van der Waals surface area contributed by atoms with Crippen LogP contribution in [0.1, 0.15) is 55.8 Å². The van der Waals surface area contributed by atoms with E-state index < -0.39 is 0 Å². The van der Waals surface area contributed by atoms with Crippen molar-refractivity contribution >= 4 is 17.2 Å². The highest BCUT2D eigenvalue weighted by Crippen LogP contribution is 2.44. The normalized spacial score (nSPS) is 28.2. The standard InChI is InChI=1S/C15H22N2OS/c1-15(2,3)12-7-6-11(19-12)14-10(16)8-13(18)17(14)9-4-5-9/h6-7,9-10,14H,4-5,8,16H2,1-3H3. The van der Waals surface area contributed by atoms with Gasteiger partial charge in [-0.3, -0.25) is 4.79 Å². The first-order valence-electron chi connectivity index (χ1n) is 7.05. The fourth-order valence-corrected chi connectivity index (χ4v) is 4.07. The summed E-state index contributed by atoms with van der Waals surface area (Å²) in [6.45, 7) is 6.67. The second-order valence-electron chi connectivity index (χ2n) is 6.80. The molecule has 2 fully saturated rings. The minimum absolute atomic E-state index is 0.0421. The third kappa shape index (κ3) is 2.32. The molecule has 3 rings (SSSR count). The van der Waals surface area contributed by atoms with Gasteiger partial charge in [0.05, 0.1) is 6.04 Å². The Balaban J connectivity index is 1.91. The largest absolute Gasteiger partial charge is 0.330 e. The Morgan fingerprint density at radius 2 is 2.00 bits per heavy atom. The Kier molecular flexibility index (Phi) is 2.98. The van der Waals surface area contributed by atoms with Crippen LogP contribution in [0.4, 0.5) is 0 Å². The third-order valence-electron chi connectivity index (χ3n) is 4.00. The molecular weight excluding hydrogens is 256 g/mol. The first-order valence-corrected chi connectivity index (χ1v) is 7.86. The predicted octanol–water partition coefficient (Wildman–Crippen LogP) is 2.81. The Hall–Kier alpha value is -0.870. The number of carbonyl (C=O) groups excluding carboxylic acids is 1. The molecule has 19 heavy (non-hydrogen) atoms. The number of rotatable bonds is 2. The van der Waals surface area contributed by atoms with Crippen molar-refractivity contribution in [2.45, 2.75) is 63.6 Å². The van der Waals surface area contributed by atoms with Crippen molar-refractivity contribution in [2.75, 3.05) is 0 Å². The molecule has 1 saturated heterocycles.